The quantitative estimate of drug-likeness (QED) is 0.855. The second-order valence-corrected chi connectivity index (χ2v) is 4.20. The first-order valence-electron chi connectivity index (χ1n) is 5.77. The maximum absolute atomic E-state index is 13.7. The van der Waals surface area contributed by atoms with Crippen molar-refractivity contribution in [3.8, 4) is 11.8 Å². The van der Waals surface area contributed by atoms with Crippen molar-refractivity contribution in [2.24, 2.45) is 0 Å². The molecule has 1 aliphatic heterocycles. The number of piperidine rings is 1. The second kappa shape index (κ2) is 5.15. The van der Waals surface area contributed by atoms with Crippen molar-refractivity contribution in [1.82, 2.24) is 5.32 Å². The van der Waals surface area contributed by atoms with Gasteiger partial charge in [0.1, 0.15) is 6.07 Å². The number of nitriles is 1. The zero-order chi connectivity index (χ0) is 12.3. The number of nitrogens with zero attached hydrogens (tertiary/aromatic N) is 1. The van der Waals surface area contributed by atoms with Gasteiger partial charge < -0.3 is 10.1 Å². The van der Waals surface area contributed by atoms with E-state index in [4.69, 9.17) is 10.00 Å². The van der Waals surface area contributed by atoms with Crippen molar-refractivity contribution in [2.45, 2.75) is 25.3 Å². The number of hydrogen-bond acceptors (Lipinski definition) is 3. The molecule has 1 fully saturated rings. The van der Waals surface area contributed by atoms with E-state index in [-0.39, 0.29) is 17.4 Å². The molecule has 1 heterocycles. The number of rotatable bonds is 2. The van der Waals surface area contributed by atoms with E-state index in [1.54, 1.807) is 6.07 Å². The first kappa shape index (κ1) is 11.9. The molecule has 0 amide bonds. The summed E-state index contributed by atoms with van der Waals surface area (Å²) in [5, 5.41) is 12.3. The van der Waals surface area contributed by atoms with Gasteiger partial charge in [0.05, 0.1) is 12.7 Å². The van der Waals surface area contributed by atoms with Crippen LogP contribution in [-0.4, -0.2) is 13.7 Å². The predicted molar refractivity (Wildman–Crippen MR) is 62.3 cm³/mol. The minimum absolute atomic E-state index is 0.0343. The van der Waals surface area contributed by atoms with Gasteiger partial charge in [-0.15, -0.1) is 0 Å². The Balaban J connectivity index is 2.36. The number of nitrogens with one attached hydrogen (secondary N) is 1. The zero-order valence-electron chi connectivity index (χ0n) is 9.79. The fraction of sp³-hybridized carbons (Fsp3) is 0.462. The lowest BCUT2D eigenvalue weighted by molar-refractivity contribution is 0.380. The largest absolute Gasteiger partial charge is 0.492 e. The monoisotopic (exact) mass is 234 g/mol. The fourth-order valence-electron chi connectivity index (χ4n) is 2.24. The summed E-state index contributed by atoms with van der Waals surface area (Å²) in [6.07, 6.45) is 3.27. The average molecular weight is 234 g/mol. The minimum Gasteiger partial charge on any atom is -0.492 e. The van der Waals surface area contributed by atoms with Crippen LogP contribution in [0.2, 0.25) is 0 Å². The molecule has 1 saturated heterocycles. The smallest absolute Gasteiger partial charge is 0.172 e. The molecule has 0 aliphatic carbocycles. The summed E-state index contributed by atoms with van der Waals surface area (Å²) in [6, 6.07) is 5.30. The van der Waals surface area contributed by atoms with Gasteiger partial charge in [-0.05, 0) is 37.1 Å². The second-order valence-electron chi connectivity index (χ2n) is 4.20. The third-order valence-corrected chi connectivity index (χ3v) is 3.10. The Kier molecular flexibility index (Phi) is 3.60. The summed E-state index contributed by atoms with van der Waals surface area (Å²) < 4.78 is 18.6. The predicted octanol–water partition coefficient (Wildman–Crippen LogP) is 2.52. The lowest BCUT2D eigenvalue weighted by Gasteiger charge is -2.24. The van der Waals surface area contributed by atoms with Gasteiger partial charge in [0.15, 0.2) is 11.6 Å². The molecule has 17 heavy (non-hydrogen) atoms. The van der Waals surface area contributed by atoms with Gasteiger partial charge >= 0.3 is 0 Å². The fourth-order valence-corrected chi connectivity index (χ4v) is 2.24. The van der Waals surface area contributed by atoms with E-state index in [0.717, 1.165) is 31.4 Å². The Hall–Kier alpha value is -1.60. The molecule has 90 valence electrons. The molecule has 0 spiro atoms. The standard InChI is InChI=1S/C13H15FN2O/c1-17-13-10(8-15)6-9(7-11(13)14)12-4-2-3-5-16-12/h6-7,12,16H,2-5H2,1H3. The zero-order valence-corrected chi connectivity index (χ0v) is 9.79. The lowest BCUT2D eigenvalue weighted by atomic mass is 9.96. The normalized spacial score (nSPS) is 19.7. The number of methoxy groups -OCH3 is 1. The summed E-state index contributed by atoms with van der Waals surface area (Å²) in [7, 11) is 1.37. The molecule has 4 heteroatoms. The van der Waals surface area contributed by atoms with E-state index in [1.165, 1.54) is 13.2 Å². The summed E-state index contributed by atoms with van der Waals surface area (Å²) in [5.41, 5.74) is 1.09. The third kappa shape index (κ3) is 2.40. The van der Waals surface area contributed by atoms with E-state index in [1.807, 2.05) is 6.07 Å². The van der Waals surface area contributed by atoms with Crippen LogP contribution >= 0.6 is 0 Å². The molecule has 1 N–H and O–H groups in total. The van der Waals surface area contributed by atoms with Crippen molar-refractivity contribution < 1.29 is 9.13 Å². The number of hydrogen-bond donors (Lipinski definition) is 1. The van der Waals surface area contributed by atoms with Crippen LogP contribution in [0.25, 0.3) is 0 Å². The van der Waals surface area contributed by atoms with Crippen molar-refractivity contribution in [3.05, 3.63) is 29.1 Å². The maximum atomic E-state index is 13.7. The van der Waals surface area contributed by atoms with Crippen LogP contribution in [0, 0.1) is 17.1 Å². The summed E-state index contributed by atoms with van der Waals surface area (Å²) in [5.74, 6) is -0.430. The van der Waals surface area contributed by atoms with Gasteiger partial charge in [-0.1, -0.05) is 6.42 Å². The Bertz CT molecular complexity index is 447. The van der Waals surface area contributed by atoms with Crippen LogP contribution in [0.15, 0.2) is 12.1 Å². The summed E-state index contributed by atoms with van der Waals surface area (Å²) >= 11 is 0. The molecule has 0 aromatic heterocycles. The molecule has 0 bridgehead atoms. The van der Waals surface area contributed by atoms with Gasteiger partial charge in [0, 0.05) is 6.04 Å². The van der Waals surface area contributed by atoms with Gasteiger partial charge in [0.2, 0.25) is 0 Å². The van der Waals surface area contributed by atoms with E-state index in [0.29, 0.717) is 0 Å². The van der Waals surface area contributed by atoms with Crippen LogP contribution in [0.5, 0.6) is 5.75 Å². The van der Waals surface area contributed by atoms with Gasteiger partial charge in [-0.3, -0.25) is 0 Å². The van der Waals surface area contributed by atoms with E-state index >= 15 is 0 Å². The molecule has 1 aromatic carbocycles. The molecule has 1 aliphatic rings. The first-order chi connectivity index (χ1) is 8.26. The Morgan fingerprint density at radius 1 is 1.47 bits per heavy atom. The van der Waals surface area contributed by atoms with E-state index in [2.05, 4.69) is 5.32 Å². The van der Waals surface area contributed by atoms with Gasteiger partial charge in [0.25, 0.3) is 0 Å². The highest BCUT2D eigenvalue weighted by atomic mass is 19.1. The highest BCUT2D eigenvalue weighted by Crippen LogP contribution is 2.29. The van der Waals surface area contributed by atoms with Gasteiger partial charge in [-0.2, -0.15) is 5.26 Å². The van der Waals surface area contributed by atoms with Crippen LogP contribution in [0.4, 0.5) is 4.39 Å². The Labute approximate surface area is 100 Å². The topological polar surface area (TPSA) is 45.0 Å². The minimum atomic E-state index is -0.464. The molecular formula is C13H15FN2O. The van der Waals surface area contributed by atoms with E-state index in [9.17, 15) is 4.39 Å². The van der Waals surface area contributed by atoms with Crippen LogP contribution in [0.1, 0.15) is 36.4 Å². The van der Waals surface area contributed by atoms with Gasteiger partial charge in [-0.25, -0.2) is 4.39 Å². The van der Waals surface area contributed by atoms with Crippen LogP contribution in [-0.2, 0) is 0 Å². The first-order valence-corrected chi connectivity index (χ1v) is 5.77. The van der Waals surface area contributed by atoms with Crippen molar-refractivity contribution in [1.29, 1.82) is 5.26 Å². The average Bonchev–Trinajstić information content (AvgIpc) is 2.38. The number of benzene rings is 1. The lowest BCUT2D eigenvalue weighted by Crippen LogP contribution is -2.26. The molecule has 1 atom stereocenters. The Morgan fingerprint density at radius 3 is 2.88 bits per heavy atom. The molecule has 0 radical (unpaired) electrons. The van der Waals surface area contributed by atoms with Crippen molar-refractivity contribution in [2.75, 3.05) is 13.7 Å². The molecule has 2 rings (SSSR count). The van der Waals surface area contributed by atoms with Crippen LogP contribution < -0.4 is 10.1 Å². The van der Waals surface area contributed by atoms with Crippen LogP contribution in [0.3, 0.4) is 0 Å². The highest BCUT2D eigenvalue weighted by Gasteiger charge is 2.19. The highest BCUT2D eigenvalue weighted by molar-refractivity contribution is 5.47. The molecule has 1 unspecified atom stereocenters. The number of halogens is 1. The SMILES string of the molecule is COc1c(F)cc(C2CCCCN2)cc1C#N. The number of ether oxygens (including phenoxy) is 1. The van der Waals surface area contributed by atoms with Crippen molar-refractivity contribution in [3.63, 3.8) is 0 Å². The Morgan fingerprint density at radius 2 is 2.29 bits per heavy atom. The maximum Gasteiger partial charge on any atom is 0.172 e. The van der Waals surface area contributed by atoms with E-state index < -0.39 is 5.82 Å². The molecular weight excluding hydrogens is 219 g/mol. The molecule has 1 aromatic rings. The molecule has 3 nitrogen and oxygen atoms in total. The summed E-state index contributed by atoms with van der Waals surface area (Å²) in [4.78, 5) is 0. The molecule has 0 saturated carbocycles. The van der Waals surface area contributed by atoms with Crippen molar-refractivity contribution >= 4 is 0 Å². The summed E-state index contributed by atoms with van der Waals surface area (Å²) in [6.45, 7) is 0.945. The third-order valence-electron chi connectivity index (χ3n) is 3.10.